The third kappa shape index (κ3) is 3.46. The van der Waals surface area contributed by atoms with E-state index in [0.29, 0.717) is 5.92 Å². The van der Waals surface area contributed by atoms with Gasteiger partial charge in [-0.3, -0.25) is 0 Å². The number of hydrogen-bond donors (Lipinski definition) is 1. The highest BCUT2D eigenvalue weighted by atomic mass is 79.9. The van der Waals surface area contributed by atoms with Crippen LogP contribution in [0.1, 0.15) is 37.8 Å². The normalized spacial score (nSPS) is 14.2. The third-order valence-electron chi connectivity index (χ3n) is 3.49. The summed E-state index contributed by atoms with van der Waals surface area (Å²) in [4.78, 5) is 9.49. The van der Waals surface area contributed by atoms with Crippen LogP contribution in [0.3, 0.4) is 0 Å². The first kappa shape index (κ1) is 15.0. The number of benzene rings is 1. The summed E-state index contributed by atoms with van der Waals surface area (Å²) in [6.07, 6.45) is 3.52. The van der Waals surface area contributed by atoms with E-state index in [4.69, 9.17) is 9.97 Å². The van der Waals surface area contributed by atoms with Gasteiger partial charge in [0, 0.05) is 22.5 Å². The molecule has 0 atom stereocenters. The van der Waals surface area contributed by atoms with E-state index in [0.717, 1.165) is 44.8 Å². The number of hydrogen-bond acceptors (Lipinski definition) is 3. The second kappa shape index (κ2) is 6.44. The van der Waals surface area contributed by atoms with E-state index in [9.17, 15) is 0 Å². The first-order valence-corrected chi connectivity index (χ1v) is 8.85. The summed E-state index contributed by atoms with van der Waals surface area (Å²) < 4.78 is 2.09. The van der Waals surface area contributed by atoms with Gasteiger partial charge >= 0.3 is 0 Å². The number of anilines is 1. The number of nitrogens with one attached hydrogen (secondary N) is 1. The molecular formula is C16H17Br2N3. The van der Waals surface area contributed by atoms with Gasteiger partial charge in [-0.2, -0.15) is 0 Å². The van der Waals surface area contributed by atoms with Gasteiger partial charge in [0.1, 0.15) is 5.82 Å². The van der Waals surface area contributed by atoms with Gasteiger partial charge in [-0.05, 0) is 47.3 Å². The Morgan fingerprint density at radius 1 is 1.14 bits per heavy atom. The van der Waals surface area contributed by atoms with E-state index in [1.54, 1.807) is 0 Å². The Morgan fingerprint density at radius 3 is 2.48 bits per heavy atom. The van der Waals surface area contributed by atoms with Gasteiger partial charge < -0.3 is 5.32 Å². The van der Waals surface area contributed by atoms with Crippen LogP contribution < -0.4 is 5.32 Å². The topological polar surface area (TPSA) is 37.8 Å². The SMILES string of the molecule is CCCNc1nc(-c2ccc(Br)cc2)nc(C2CC2)c1Br. The molecule has 0 saturated heterocycles. The van der Waals surface area contributed by atoms with E-state index < -0.39 is 0 Å². The van der Waals surface area contributed by atoms with Crippen molar-refractivity contribution in [2.45, 2.75) is 32.1 Å². The van der Waals surface area contributed by atoms with Gasteiger partial charge in [-0.15, -0.1) is 0 Å². The minimum atomic E-state index is 0.582. The van der Waals surface area contributed by atoms with Crippen molar-refractivity contribution < 1.29 is 0 Å². The lowest BCUT2D eigenvalue weighted by Crippen LogP contribution is -2.07. The highest BCUT2D eigenvalue weighted by Crippen LogP contribution is 2.44. The first-order chi connectivity index (χ1) is 10.2. The molecule has 0 spiro atoms. The maximum absolute atomic E-state index is 4.79. The van der Waals surface area contributed by atoms with Gasteiger partial charge in [0.25, 0.3) is 0 Å². The molecule has 1 saturated carbocycles. The summed E-state index contributed by atoms with van der Waals surface area (Å²) in [5.74, 6) is 2.29. The molecule has 1 aliphatic rings. The average Bonchev–Trinajstić information content (AvgIpc) is 3.32. The van der Waals surface area contributed by atoms with Crippen LogP contribution in [0.5, 0.6) is 0 Å². The monoisotopic (exact) mass is 409 g/mol. The van der Waals surface area contributed by atoms with Crippen LogP contribution in [0.2, 0.25) is 0 Å². The largest absolute Gasteiger partial charge is 0.369 e. The average molecular weight is 411 g/mol. The number of rotatable bonds is 5. The van der Waals surface area contributed by atoms with Gasteiger partial charge in [0.05, 0.1) is 10.2 Å². The van der Waals surface area contributed by atoms with E-state index in [2.05, 4.69) is 44.1 Å². The molecule has 1 N–H and O–H groups in total. The zero-order valence-electron chi connectivity index (χ0n) is 11.9. The quantitative estimate of drug-likeness (QED) is 0.719. The van der Waals surface area contributed by atoms with Crippen LogP contribution in [-0.2, 0) is 0 Å². The molecule has 0 bridgehead atoms. The second-order valence-electron chi connectivity index (χ2n) is 5.30. The Kier molecular flexibility index (Phi) is 4.60. The molecule has 2 aromatic rings. The lowest BCUT2D eigenvalue weighted by atomic mass is 10.2. The number of aromatic nitrogens is 2. The summed E-state index contributed by atoms with van der Waals surface area (Å²) in [5, 5.41) is 3.40. The molecule has 1 aromatic heterocycles. The molecule has 0 unspecified atom stereocenters. The van der Waals surface area contributed by atoms with Crippen LogP contribution in [-0.4, -0.2) is 16.5 Å². The highest BCUT2D eigenvalue weighted by Gasteiger charge is 2.29. The molecule has 1 aromatic carbocycles. The lowest BCUT2D eigenvalue weighted by Gasteiger charge is -2.12. The van der Waals surface area contributed by atoms with E-state index in [1.165, 1.54) is 12.8 Å². The van der Waals surface area contributed by atoms with Crippen molar-refractivity contribution in [1.82, 2.24) is 9.97 Å². The summed E-state index contributed by atoms with van der Waals surface area (Å²) in [7, 11) is 0. The van der Waals surface area contributed by atoms with Crippen molar-refractivity contribution in [1.29, 1.82) is 0 Å². The fraction of sp³-hybridized carbons (Fsp3) is 0.375. The summed E-state index contributed by atoms with van der Waals surface area (Å²) in [6.45, 7) is 3.07. The molecule has 0 amide bonds. The molecular weight excluding hydrogens is 394 g/mol. The summed E-state index contributed by atoms with van der Waals surface area (Å²) in [5.41, 5.74) is 2.19. The molecule has 0 radical (unpaired) electrons. The van der Waals surface area contributed by atoms with E-state index >= 15 is 0 Å². The van der Waals surface area contributed by atoms with Crippen LogP contribution >= 0.6 is 31.9 Å². The smallest absolute Gasteiger partial charge is 0.161 e. The third-order valence-corrected chi connectivity index (χ3v) is 4.80. The first-order valence-electron chi connectivity index (χ1n) is 7.26. The van der Waals surface area contributed by atoms with Gasteiger partial charge in [-0.1, -0.05) is 35.0 Å². The predicted octanol–water partition coefficient (Wildman–Crippen LogP) is 5.37. The van der Waals surface area contributed by atoms with Crippen molar-refractivity contribution in [3.8, 4) is 11.4 Å². The summed E-state index contributed by atoms with van der Waals surface area (Å²) in [6, 6.07) is 8.15. The zero-order valence-corrected chi connectivity index (χ0v) is 15.0. The van der Waals surface area contributed by atoms with E-state index in [1.807, 2.05) is 24.3 Å². The van der Waals surface area contributed by atoms with Crippen molar-refractivity contribution in [3.05, 3.63) is 38.9 Å². The second-order valence-corrected chi connectivity index (χ2v) is 7.01. The van der Waals surface area contributed by atoms with Gasteiger partial charge in [0.15, 0.2) is 5.82 Å². The molecule has 1 aliphatic carbocycles. The highest BCUT2D eigenvalue weighted by molar-refractivity contribution is 9.11. The van der Waals surface area contributed by atoms with Crippen molar-refractivity contribution in [3.63, 3.8) is 0 Å². The molecule has 3 nitrogen and oxygen atoms in total. The molecule has 1 fully saturated rings. The van der Waals surface area contributed by atoms with Crippen LogP contribution in [0.4, 0.5) is 5.82 Å². The number of nitrogens with zero attached hydrogens (tertiary/aromatic N) is 2. The predicted molar refractivity (Wildman–Crippen MR) is 93.6 cm³/mol. The van der Waals surface area contributed by atoms with Gasteiger partial charge in [-0.25, -0.2) is 9.97 Å². The van der Waals surface area contributed by atoms with Crippen molar-refractivity contribution in [2.24, 2.45) is 0 Å². The Bertz CT molecular complexity index is 637. The fourth-order valence-corrected chi connectivity index (χ4v) is 3.09. The van der Waals surface area contributed by atoms with Crippen molar-refractivity contribution in [2.75, 3.05) is 11.9 Å². The maximum atomic E-state index is 4.79. The van der Waals surface area contributed by atoms with Crippen molar-refractivity contribution >= 4 is 37.7 Å². The summed E-state index contributed by atoms with van der Waals surface area (Å²) >= 11 is 7.14. The van der Waals surface area contributed by atoms with Gasteiger partial charge in [0.2, 0.25) is 0 Å². The minimum Gasteiger partial charge on any atom is -0.369 e. The van der Waals surface area contributed by atoms with Crippen LogP contribution in [0, 0.1) is 0 Å². The molecule has 5 heteroatoms. The fourth-order valence-electron chi connectivity index (χ4n) is 2.18. The maximum Gasteiger partial charge on any atom is 0.161 e. The van der Waals surface area contributed by atoms with Crippen LogP contribution in [0.25, 0.3) is 11.4 Å². The zero-order chi connectivity index (χ0) is 14.8. The van der Waals surface area contributed by atoms with E-state index in [-0.39, 0.29) is 0 Å². The molecule has 21 heavy (non-hydrogen) atoms. The molecule has 3 rings (SSSR count). The van der Waals surface area contributed by atoms with Crippen LogP contribution in [0.15, 0.2) is 33.2 Å². The standard InChI is InChI=1S/C16H17Br2N3/c1-2-9-19-16-13(18)14(10-3-4-10)20-15(21-16)11-5-7-12(17)8-6-11/h5-8,10H,2-4,9H2,1H3,(H,19,20,21). The Morgan fingerprint density at radius 2 is 1.86 bits per heavy atom. The lowest BCUT2D eigenvalue weighted by molar-refractivity contribution is 0.940. The minimum absolute atomic E-state index is 0.582. The Balaban J connectivity index is 2.03. The Hall–Kier alpha value is -0.940. The molecule has 0 aliphatic heterocycles. The molecule has 1 heterocycles. The molecule has 110 valence electrons. The number of halogens is 2. The Labute approximate surface area is 141 Å².